The summed E-state index contributed by atoms with van der Waals surface area (Å²) < 4.78 is 44.3. The van der Waals surface area contributed by atoms with Crippen molar-refractivity contribution < 1.29 is 17.9 Å². The molecule has 18 heavy (non-hydrogen) atoms. The molecule has 1 aliphatic heterocycles. The highest BCUT2D eigenvalue weighted by Crippen LogP contribution is 2.47. The van der Waals surface area contributed by atoms with Crippen LogP contribution in [0.1, 0.15) is 30.9 Å². The molecule has 1 aromatic carbocycles. The Morgan fingerprint density at radius 2 is 1.83 bits per heavy atom. The second-order valence-electron chi connectivity index (χ2n) is 4.58. The Bertz CT molecular complexity index is 453. The molecule has 1 aromatic rings. The molecule has 0 radical (unpaired) electrons. The summed E-state index contributed by atoms with van der Waals surface area (Å²) in [6.07, 6.45) is -4.42. The van der Waals surface area contributed by atoms with Crippen LogP contribution in [0, 0.1) is 0 Å². The molecule has 0 atom stereocenters. The molecule has 1 aliphatic rings. The predicted molar refractivity (Wildman–Crippen MR) is 61.1 cm³/mol. The van der Waals surface area contributed by atoms with Crippen LogP contribution in [0.5, 0.6) is 5.75 Å². The minimum Gasteiger partial charge on any atom is -0.496 e. The van der Waals surface area contributed by atoms with Crippen LogP contribution in [0.25, 0.3) is 0 Å². The summed E-state index contributed by atoms with van der Waals surface area (Å²) in [6.45, 7) is 3.82. The maximum absolute atomic E-state index is 13.1. The van der Waals surface area contributed by atoms with Crippen LogP contribution in [0.2, 0.25) is 0 Å². The summed E-state index contributed by atoms with van der Waals surface area (Å²) in [5.41, 5.74) is 3.03. The van der Waals surface area contributed by atoms with Gasteiger partial charge in [-0.25, -0.2) is 10.9 Å². The van der Waals surface area contributed by atoms with Crippen LogP contribution >= 0.6 is 0 Å². The van der Waals surface area contributed by atoms with Gasteiger partial charge in [0.15, 0.2) is 0 Å². The van der Waals surface area contributed by atoms with E-state index in [4.69, 9.17) is 4.74 Å². The number of hydrogen-bond acceptors (Lipinski definition) is 3. The smallest absolute Gasteiger partial charge is 0.426 e. The van der Waals surface area contributed by atoms with Crippen molar-refractivity contribution in [2.24, 2.45) is 0 Å². The largest absolute Gasteiger partial charge is 0.496 e. The van der Waals surface area contributed by atoms with Gasteiger partial charge in [0, 0.05) is 5.56 Å². The first-order valence-corrected chi connectivity index (χ1v) is 5.62. The van der Waals surface area contributed by atoms with Gasteiger partial charge in [0.25, 0.3) is 0 Å². The Morgan fingerprint density at radius 1 is 1.22 bits per heavy atom. The second kappa shape index (κ2) is 4.13. The van der Waals surface area contributed by atoms with Crippen molar-refractivity contribution in [1.82, 2.24) is 10.9 Å². The van der Waals surface area contributed by atoms with E-state index in [0.717, 1.165) is 5.56 Å². The van der Waals surface area contributed by atoms with E-state index in [1.807, 2.05) is 13.8 Å². The molecule has 1 saturated heterocycles. The molecule has 0 amide bonds. The van der Waals surface area contributed by atoms with Gasteiger partial charge in [-0.3, -0.25) is 0 Å². The second-order valence-corrected chi connectivity index (χ2v) is 4.58. The third-order valence-corrected chi connectivity index (χ3v) is 3.08. The van der Waals surface area contributed by atoms with Gasteiger partial charge in [-0.2, -0.15) is 13.2 Å². The molecule has 0 unspecified atom stereocenters. The summed E-state index contributed by atoms with van der Waals surface area (Å²) in [6, 6.07) is 4.81. The summed E-state index contributed by atoms with van der Waals surface area (Å²) in [4.78, 5) is 0. The lowest BCUT2D eigenvalue weighted by molar-refractivity contribution is -0.165. The van der Waals surface area contributed by atoms with Crippen LogP contribution in [-0.2, 0) is 5.66 Å². The van der Waals surface area contributed by atoms with Gasteiger partial charge >= 0.3 is 6.18 Å². The third-order valence-electron chi connectivity index (χ3n) is 3.08. The van der Waals surface area contributed by atoms with Crippen LogP contribution in [0.15, 0.2) is 18.2 Å². The van der Waals surface area contributed by atoms with E-state index in [2.05, 4.69) is 10.9 Å². The van der Waals surface area contributed by atoms with Crippen molar-refractivity contribution in [1.29, 1.82) is 0 Å². The van der Waals surface area contributed by atoms with Gasteiger partial charge in [0.2, 0.25) is 5.66 Å². The van der Waals surface area contributed by atoms with Crippen molar-refractivity contribution in [3.8, 4) is 5.75 Å². The summed E-state index contributed by atoms with van der Waals surface area (Å²) in [7, 11) is 1.39. The highest BCUT2D eigenvalue weighted by atomic mass is 19.4. The van der Waals surface area contributed by atoms with E-state index >= 15 is 0 Å². The molecule has 0 bridgehead atoms. The number of hydrazine groups is 1. The number of para-hydroxylation sites is 1. The number of hydrogen-bond donors (Lipinski definition) is 2. The van der Waals surface area contributed by atoms with Crippen molar-refractivity contribution in [2.45, 2.75) is 31.6 Å². The molecule has 1 heterocycles. The van der Waals surface area contributed by atoms with Crippen LogP contribution in [0.4, 0.5) is 13.2 Å². The molecule has 0 spiro atoms. The van der Waals surface area contributed by atoms with Crippen molar-refractivity contribution in [2.75, 3.05) is 7.11 Å². The monoisotopic (exact) mass is 260 g/mol. The highest BCUT2D eigenvalue weighted by Gasteiger charge is 2.66. The normalized spacial score (nSPS) is 17.9. The van der Waals surface area contributed by atoms with Gasteiger partial charge in [-0.15, -0.1) is 0 Å². The fraction of sp³-hybridized carbons (Fsp3) is 0.500. The SMILES string of the molecule is COc1c(C(C)C)cccc1C1(C(F)(F)F)NN1. The van der Waals surface area contributed by atoms with Crippen LogP contribution < -0.4 is 15.6 Å². The van der Waals surface area contributed by atoms with Gasteiger partial charge in [0.05, 0.1) is 7.11 Å². The molecular formula is C12H15F3N2O. The van der Waals surface area contributed by atoms with Crippen LogP contribution in [-0.4, -0.2) is 13.3 Å². The molecule has 0 aliphatic carbocycles. The minimum absolute atomic E-state index is 0.0729. The predicted octanol–water partition coefficient (Wildman–Crippen LogP) is 2.64. The Morgan fingerprint density at radius 3 is 2.22 bits per heavy atom. The standard InChI is InChI=1S/C12H15F3N2O/c1-7(2)8-5-4-6-9(10(8)18-3)11(16-17-11)12(13,14)15/h4-7,16-17H,1-3H3. The number of halogens is 3. The Balaban J connectivity index is 2.56. The molecule has 0 saturated carbocycles. The van der Waals surface area contributed by atoms with E-state index in [1.165, 1.54) is 13.2 Å². The van der Waals surface area contributed by atoms with Gasteiger partial charge in [-0.05, 0) is 11.5 Å². The molecule has 1 fully saturated rings. The fourth-order valence-corrected chi connectivity index (χ4v) is 2.02. The molecular weight excluding hydrogens is 245 g/mol. The quantitative estimate of drug-likeness (QED) is 0.821. The first-order valence-electron chi connectivity index (χ1n) is 5.62. The summed E-state index contributed by atoms with van der Waals surface area (Å²) in [5, 5.41) is 0. The third kappa shape index (κ3) is 1.85. The Kier molecular flexibility index (Phi) is 3.03. The van der Waals surface area contributed by atoms with E-state index < -0.39 is 11.8 Å². The zero-order valence-electron chi connectivity index (χ0n) is 10.4. The highest BCUT2D eigenvalue weighted by molar-refractivity contribution is 5.49. The lowest BCUT2D eigenvalue weighted by atomic mass is 9.94. The first kappa shape index (κ1) is 13.2. The molecule has 2 rings (SSSR count). The minimum atomic E-state index is -4.42. The van der Waals surface area contributed by atoms with E-state index in [9.17, 15) is 13.2 Å². The average Bonchev–Trinajstić information content (AvgIpc) is 3.08. The topological polar surface area (TPSA) is 53.1 Å². The van der Waals surface area contributed by atoms with E-state index in [1.54, 1.807) is 12.1 Å². The van der Waals surface area contributed by atoms with E-state index in [-0.39, 0.29) is 17.2 Å². The zero-order chi connectivity index (χ0) is 13.6. The Hall–Kier alpha value is -1.27. The number of nitrogens with one attached hydrogen (secondary N) is 2. The van der Waals surface area contributed by atoms with E-state index in [0.29, 0.717) is 0 Å². The molecule has 2 N–H and O–H groups in total. The van der Waals surface area contributed by atoms with Crippen molar-refractivity contribution in [3.63, 3.8) is 0 Å². The fourth-order valence-electron chi connectivity index (χ4n) is 2.02. The number of ether oxygens (including phenoxy) is 1. The maximum Gasteiger partial charge on any atom is 0.426 e. The number of alkyl halides is 3. The number of rotatable bonds is 3. The molecule has 0 aromatic heterocycles. The number of benzene rings is 1. The summed E-state index contributed by atoms with van der Waals surface area (Å²) >= 11 is 0. The van der Waals surface area contributed by atoms with Crippen molar-refractivity contribution >= 4 is 0 Å². The maximum atomic E-state index is 13.1. The first-order chi connectivity index (χ1) is 8.33. The molecule has 6 heteroatoms. The van der Waals surface area contributed by atoms with Crippen LogP contribution in [0.3, 0.4) is 0 Å². The lowest BCUT2D eigenvalue weighted by Crippen LogP contribution is -2.35. The van der Waals surface area contributed by atoms with Gasteiger partial charge < -0.3 is 4.74 Å². The van der Waals surface area contributed by atoms with Gasteiger partial charge in [0.1, 0.15) is 5.75 Å². The molecule has 100 valence electrons. The number of methoxy groups -OCH3 is 1. The lowest BCUT2D eigenvalue weighted by Gasteiger charge is -2.21. The Labute approximate surface area is 103 Å². The van der Waals surface area contributed by atoms with Crippen molar-refractivity contribution in [3.05, 3.63) is 29.3 Å². The average molecular weight is 260 g/mol. The molecule has 3 nitrogen and oxygen atoms in total. The van der Waals surface area contributed by atoms with Gasteiger partial charge in [-0.1, -0.05) is 32.0 Å². The summed E-state index contributed by atoms with van der Waals surface area (Å²) in [5.74, 6) is 0.367. The zero-order valence-corrected chi connectivity index (χ0v) is 10.4.